The first-order chi connectivity index (χ1) is 14.7. The molecule has 1 saturated carbocycles. The number of nitrogens with one attached hydrogen (secondary N) is 2. The monoisotopic (exact) mass is 421 g/mol. The molecule has 0 saturated heterocycles. The molecule has 2 aliphatic rings. The lowest BCUT2D eigenvalue weighted by Gasteiger charge is -2.41. The van der Waals surface area contributed by atoms with Crippen LogP contribution in [0.3, 0.4) is 0 Å². The summed E-state index contributed by atoms with van der Waals surface area (Å²) in [4.78, 5) is 13.4. The summed E-state index contributed by atoms with van der Waals surface area (Å²) in [6, 6.07) is 17.5. The first kappa shape index (κ1) is 19.0. The summed E-state index contributed by atoms with van der Waals surface area (Å²) in [5.41, 5.74) is 4.98. The molecule has 1 aromatic heterocycles. The van der Waals surface area contributed by atoms with Crippen LogP contribution in [0.2, 0.25) is 0 Å². The molecule has 8 heteroatoms. The molecule has 2 heterocycles. The maximum Gasteiger partial charge on any atom is 0.240 e. The van der Waals surface area contributed by atoms with Crippen molar-refractivity contribution in [2.45, 2.75) is 41.6 Å². The maximum absolute atomic E-state index is 13.4. The number of ether oxygens (including phenoxy) is 1. The zero-order valence-electron chi connectivity index (χ0n) is 16.7. The van der Waals surface area contributed by atoms with E-state index < -0.39 is 0 Å². The average molecular weight is 422 g/mol. The molecular formula is C22H23N5O2S. The molecule has 0 unspecified atom stereocenters. The highest BCUT2D eigenvalue weighted by Gasteiger charge is 2.50. The van der Waals surface area contributed by atoms with Gasteiger partial charge in [-0.15, -0.1) is 10.2 Å². The molecule has 1 spiro atoms. The van der Waals surface area contributed by atoms with Gasteiger partial charge in [0.2, 0.25) is 11.1 Å². The van der Waals surface area contributed by atoms with Gasteiger partial charge in [0.15, 0.2) is 5.82 Å². The molecule has 2 N–H and O–H groups in total. The van der Waals surface area contributed by atoms with Crippen molar-refractivity contribution in [1.29, 1.82) is 0 Å². The summed E-state index contributed by atoms with van der Waals surface area (Å²) in [5, 5.41) is 12.2. The van der Waals surface area contributed by atoms with Crippen molar-refractivity contribution < 1.29 is 9.53 Å². The van der Waals surface area contributed by atoms with Crippen LogP contribution >= 0.6 is 11.8 Å². The molecule has 0 radical (unpaired) electrons. The summed E-state index contributed by atoms with van der Waals surface area (Å²) < 4.78 is 7.35. The number of methoxy groups -OCH3 is 1. The summed E-state index contributed by atoms with van der Waals surface area (Å²) in [6.45, 7) is 0. The number of hydrogen-bond donors (Lipinski definition) is 2. The predicted octanol–water partition coefficient (Wildman–Crippen LogP) is 3.92. The van der Waals surface area contributed by atoms with Gasteiger partial charge in [-0.25, -0.2) is 4.68 Å². The number of para-hydroxylation sites is 2. The molecule has 3 aromatic rings. The topological polar surface area (TPSA) is 81.1 Å². The van der Waals surface area contributed by atoms with E-state index in [-0.39, 0.29) is 16.7 Å². The lowest BCUT2D eigenvalue weighted by molar-refractivity contribution is -0.116. The summed E-state index contributed by atoms with van der Waals surface area (Å²) in [5.74, 6) is 1.37. The molecule has 1 atom stereocenters. The quantitative estimate of drug-likeness (QED) is 0.665. The smallest absolute Gasteiger partial charge is 0.240 e. The Hall–Kier alpha value is -3.00. The van der Waals surface area contributed by atoms with E-state index in [1.54, 1.807) is 7.11 Å². The number of amides is 1. The highest BCUT2D eigenvalue weighted by molar-refractivity contribution is 8.00. The van der Waals surface area contributed by atoms with Gasteiger partial charge in [0.25, 0.3) is 0 Å². The standard InChI is InChI=1S/C22H23N5O2S/c1-29-17-12-6-5-11-16(17)23-20(28)18-22(13-7-8-14-22)26-27-19(24-25-21(27)30-18)15-9-3-2-4-10-15/h2-6,9-12,18,26H,7-8,13-14H2,1H3,(H,23,28)/t18-/m0/s1. The third kappa shape index (κ3) is 3.21. The van der Waals surface area contributed by atoms with Crippen LogP contribution in [0, 0.1) is 0 Å². The van der Waals surface area contributed by atoms with Gasteiger partial charge in [0.05, 0.1) is 18.3 Å². The van der Waals surface area contributed by atoms with E-state index in [4.69, 9.17) is 4.74 Å². The highest BCUT2D eigenvalue weighted by Crippen LogP contribution is 2.45. The zero-order chi connectivity index (χ0) is 20.6. The van der Waals surface area contributed by atoms with Crippen LogP contribution in [0.15, 0.2) is 59.8 Å². The molecule has 30 heavy (non-hydrogen) atoms. The largest absolute Gasteiger partial charge is 0.495 e. The first-order valence-electron chi connectivity index (χ1n) is 10.1. The minimum Gasteiger partial charge on any atom is -0.495 e. The van der Waals surface area contributed by atoms with Crippen molar-refractivity contribution >= 4 is 23.4 Å². The van der Waals surface area contributed by atoms with Crippen LogP contribution in [0.5, 0.6) is 5.75 Å². The third-order valence-corrected chi connectivity index (χ3v) is 7.20. The van der Waals surface area contributed by atoms with Crippen LogP contribution in [0.1, 0.15) is 25.7 Å². The molecule has 5 rings (SSSR count). The van der Waals surface area contributed by atoms with Crippen molar-refractivity contribution in [3.05, 3.63) is 54.6 Å². The second-order valence-corrected chi connectivity index (χ2v) is 8.74. The Labute approximate surface area is 179 Å². The average Bonchev–Trinajstić information content (AvgIpc) is 3.41. The van der Waals surface area contributed by atoms with E-state index in [2.05, 4.69) is 20.9 Å². The SMILES string of the molecule is COc1ccccc1NC(=O)[C@@H]1Sc2nnc(-c3ccccc3)n2NC12CCCC2. The molecule has 1 fully saturated rings. The normalized spacial score (nSPS) is 19.2. The molecule has 2 aromatic carbocycles. The molecule has 0 bridgehead atoms. The van der Waals surface area contributed by atoms with Crippen LogP contribution in [-0.4, -0.2) is 38.7 Å². The lowest BCUT2D eigenvalue weighted by atomic mass is 9.92. The number of carbonyl (C=O) groups excluding carboxylic acids is 1. The molecule has 1 aliphatic heterocycles. The molecule has 1 aliphatic carbocycles. The zero-order valence-corrected chi connectivity index (χ0v) is 17.5. The fourth-order valence-corrected chi connectivity index (χ4v) is 5.57. The number of anilines is 1. The van der Waals surface area contributed by atoms with Gasteiger partial charge in [0, 0.05) is 5.56 Å². The maximum atomic E-state index is 13.4. The Morgan fingerprint density at radius 2 is 1.87 bits per heavy atom. The summed E-state index contributed by atoms with van der Waals surface area (Å²) in [6.07, 6.45) is 4.03. The van der Waals surface area contributed by atoms with Crippen molar-refractivity contribution in [1.82, 2.24) is 14.9 Å². The predicted molar refractivity (Wildman–Crippen MR) is 117 cm³/mol. The second-order valence-electron chi connectivity index (χ2n) is 7.67. The Bertz CT molecular complexity index is 1060. The fraction of sp³-hybridized carbons (Fsp3) is 0.318. The summed E-state index contributed by atoms with van der Waals surface area (Å²) >= 11 is 1.48. The van der Waals surface area contributed by atoms with Gasteiger partial charge >= 0.3 is 0 Å². The van der Waals surface area contributed by atoms with E-state index in [9.17, 15) is 4.79 Å². The third-order valence-electron chi connectivity index (χ3n) is 5.82. The number of fused-ring (bicyclic) bond motifs is 1. The van der Waals surface area contributed by atoms with Crippen LogP contribution in [0.25, 0.3) is 11.4 Å². The number of nitrogens with zero attached hydrogens (tertiary/aromatic N) is 3. The lowest BCUT2D eigenvalue weighted by Crippen LogP contribution is -2.56. The van der Waals surface area contributed by atoms with Crippen molar-refractivity contribution in [3.8, 4) is 17.1 Å². The second kappa shape index (κ2) is 7.68. The van der Waals surface area contributed by atoms with Gasteiger partial charge in [-0.3, -0.25) is 4.79 Å². The number of hydrogen-bond acceptors (Lipinski definition) is 6. The number of rotatable bonds is 4. The van der Waals surface area contributed by atoms with Gasteiger partial charge in [-0.2, -0.15) is 0 Å². The molecule has 154 valence electrons. The van der Waals surface area contributed by atoms with E-state index in [1.165, 1.54) is 11.8 Å². The van der Waals surface area contributed by atoms with Gasteiger partial charge in [0.1, 0.15) is 11.0 Å². The van der Waals surface area contributed by atoms with E-state index in [0.29, 0.717) is 16.6 Å². The van der Waals surface area contributed by atoms with Gasteiger partial charge in [-0.05, 0) is 25.0 Å². The first-order valence-corrected chi connectivity index (χ1v) is 11.0. The number of thioether (sulfide) groups is 1. The van der Waals surface area contributed by atoms with Crippen molar-refractivity contribution in [2.24, 2.45) is 0 Å². The Morgan fingerprint density at radius 1 is 1.13 bits per heavy atom. The van der Waals surface area contributed by atoms with Gasteiger partial charge in [-0.1, -0.05) is 67.1 Å². The van der Waals surface area contributed by atoms with E-state index in [1.807, 2.05) is 59.3 Å². The fourth-order valence-electron chi connectivity index (χ4n) is 4.35. The number of aromatic nitrogens is 3. The number of carbonyl (C=O) groups is 1. The van der Waals surface area contributed by atoms with Crippen molar-refractivity contribution in [2.75, 3.05) is 17.9 Å². The van der Waals surface area contributed by atoms with E-state index in [0.717, 1.165) is 37.1 Å². The molecule has 7 nitrogen and oxygen atoms in total. The minimum absolute atomic E-state index is 0.0468. The minimum atomic E-state index is -0.338. The molecular weight excluding hydrogens is 398 g/mol. The highest BCUT2D eigenvalue weighted by atomic mass is 32.2. The van der Waals surface area contributed by atoms with Crippen LogP contribution < -0.4 is 15.5 Å². The van der Waals surface area contributed by atoms with Crippen molar-refractivity contribution in [3.63, 3.8) is 0 Å². The van der Waals surface area contributed by atoms with Gasteiger partial charge < -0.3 is 15.5 Å². The van der Waals surface area contributed by atoms with E-state index >= 15 is 0 Å². The van der Waals surface area contributed by atoms with Crippen LogP contribution in [-0.2, 0) is 4.79 Å². The Morgan fingerprint density at radius 3 is 2.63 bits per heavy atom. The number of benzene rings is 2. The molecule has 1 amide bonds. The Balaban J connectivity index is 1.48. The summed E-state index contributed by atoms with van der Waals surface area (Å²) in [7, 11) is 1.61. The van der Waals surface area contributed by atoms with Crippen LogP contribution in [0.4, 0.5) is 5.69 Å². The Kier molecular flexibility index (Phi) is 4.86.